The highest BCUT2D eigenvalue weighted by Crippen LogP contribution is 2.42. The predicted molar refractivity (Wildman–Crippen MR) is 94.2 cm³/mol. The lowest BCUT2D eigenvalue weighted by molar-refractivity contribution is 0.421. The number of halogens is 4. The minimum atomic E-state index is -1.84. The molecular formula is C22H18F4. The van der Waals surface area contributed by atoms with E-state index in [4.69, 9.17) is 0 Å². The van der Waals surface area contributed by atoms with Crippen molar-refractivity contribution < 1.29 is 17.6 Å². The van der Waals surface area contributed by atoms with Crippen molar-refractivity contribution in [3.63, 3.8) is 0 Å². The monoisotopic (exact) mass is 358 g/mol. The van der Waals surface area contributed by atoms with E-state index in [1.165, 1.54) is 12.2 Å². The van der Waals surface area contributed by atoms with Crippen molar-refractivity contribution >= 4 is 0 Å². The summed E-state index contributed by atoms with van der Waals surface area (Å²) in [6.07, 6.45) is 9.63. The van der Waals surface area contributed by atoms with Crippen LogP contribution in [0.5, 0.6) is 0 Å². The lowest BCUT2D eigenvalue weighted by atomic mass is 9.74. The minimum absolute atomic E-state index is 0.524. The predicted octanol–water partition coefficient (Wildman–Crippen LogP) is 6.73. The quantitative estimate of drug-likeness (QED) is 0.318. The first kappa shape index (κ1) is 18.3. The second kappa shape index (κ2) is 7.37. The van der Waals surface area contributed by atoms with Gasteiger partial charge in [-0.15, -0.1) is 0 Å². The fourth-order valence-electron chi connectivity index (χ4n) is 3.73. The maximum absolute atomic E-state index is 12.5. The molecule has 2 aliphatic rings. The molecule has 0 nitrogen and oxygen atoms in total. The summed E-state index contributed by atoms with van der Waals surface area (Å²) >= 11 is 0. The Hall–Kier alpha value is -2.54. The van der Waals surface area contributed by atoms with Crippen LogP contribution >= 0.6 is 0 Å². The van der Waals surface area contributed by atoms with Crippen molar-refractivity contribution in [2.75, 3.05) is 0 Å². The zero-order chi connectivity index (χ0) is 18.6. The van der Waals surface area contributed by atoms with Gasteiger partial charge in [-0.3, -0.25) is 0 Å². The van der Waals surface area contributed by atoms with Gasteiger partial charge in [-0.1, -0.05) is 60.0 Å². The number of hydrogen-bond donors (Lipinski definition) is 0. The highest BCUT2D eigenvalue weighted by atomic mass is 19.3. The number of hydrogen-bond acceptors (Lipinski definition) is 0. The largest absolute Gasteiger partial charge is 0.312 e. The smallest absolute Gasteiger partial charge is 0.164 e. The Bertz CT molecular complexity index is 761. The fourth-order valence-corrected chi connectivity index (χ4v) is 3.73. The average Bonchev–Trinajstić information content (AvgIpc) is 3.29. The molecule has 0 saturated heterocycles. The lowest BCUT2D eigenvalue weighted by Gasteiger charge is -2.28. The van der Waals surface area contributed by atoms with Gasteiger partial charge in [0, 0.05) is 10.8 Å². The first-order valence-electron chi connectivity index (χ1n) is 8.45. The third-order valence-electron chi connectivity index (χ3n) is 5.21. The lowest BCUT2D eigenvalue weighted by Crippen LogP contribution is -2.22. The highest BCUT2D eigenvalue weighted by Gasteiger charge is 2.33. The number of benzene rings is 1. The second-order valence-corrected chi connectivity index (χ2v) is 6.75. The minimum Gasteiger partial charge on any atom is -0.164 e. The summed E-state index contributed by atoms with van der Waals surface area (Å²) in [7, 11) is 0. The van der Waals surface area contributed by atoms with Gasteiger partial charge in [-0.2, -0.15) is 17.6 Å². The summed E-state index contributed by atoms with van der Waals surface area (Å²) in [5, 5.41) is 0. The molecule has 0 amide bonds. The summed E-state index contributed by atoms with van der Waals surface area (Å²) in [4.78, 5) is 0. The summed E-state index contributed by atoms with van der Waals surface area (Å²) in [5.74, 6) is 0. The standard InChI is InChI=1S/C22H18F4/c23-19(24)9-15-21(11-1-2-12-21)17-5-7-18(8-6-17)22(13-3-4-14-22)16-10-20(25)26/h1-8,15-16H,11-14H2. The van der Waals surface area contributed by atoms with Crippen LogP contribution in [0.15, 0.2) is 84.3 Å². The molecule has 0 radical (unpaired) electrons. The molecule has 2 aliphatic carbocycles. The fraction of sp³-hybridized carbons (Fsp3) is 0.273. The van der Waals surface area contributed by atoms with E-state index in [1.807, 2.05) is 60.0 Å². The third kappa shape index (κ3) is 3.67. The summed E-state index contributed by atoms with van der Waals surface area (Å²) in [5.41, 5.74) is 4.87. The van der Waals surface area contributed by atoms with Crippen LogP contribution in [0.3, 0.4) is 0 Å². The molecule has 0 bridgehead atoms. The van der Waals surface area contributed by atoms with E-state index >= 15 is 0 Å². The molecule has 0 aliphatic heterocycles. The molecule has 0 heterocycles. The molecule has 4 heteroatoms. The van der Waals surface area contributed by atoms with Gasteiger partial charge < -0.3 is 0 Å². The molecule has 1 aromatic carbocycles. The average molecular weight is 358 g/mol. The van der Waals surface area contributed by atoms with Crippen molar-refractivity contribution in [2.24, 2.45) is 0 Å². The Labute approximate surface area is 150 Å². The SMILES string of the molecule is FC(F)=C=CC1(c2ccc(C3(C=C=C(F)F)CC=CC3)cc2)CC=CC1. The molecule has 0 unspecified atom stereocenters. The molecular weight excluding hydrogens is 340 g/mol. The topological polar surface area (TPSA) is 0 Å². The first-order valence-corrected chi connectivity index (χ1v) is 8.45. The van der Waals surface area contributed by atoms with Gasteiger partial charge in [-0.05, 0) is 49.0 Å². The molecule has 1 aromatic rings. The van der Waals surface area contributed by atoms with Crippen LogP contribution in [-0.2, 0) is 10.8 Å². The van der Waals surface area contributed by atoms with Gasteiger partial charge in [0.2, 0.25) is 0 Å². The van der Waals surface area contributed by atoms with Crippen LogP contribution in [0.1, 0.15) is 36.8 Å². The zero-order valence-corrected chi connectivity index (χ0v) is 14.1. The van der Waals surface area contributed by atoms with E-state index in [1.54, 1.807) is 0 Å². The van der Waals surface area contributed by atoms with Crippen molar-refractivity contribution in [2.45, 2.75) is 36.5 Å². The van der Waals surface area contributed by atoms with E-state index in [0.717, 1.165) is 11.1 Å². The second-order valence-electron chi connectivity index (χ2n) is 6.75. The van der Waals surface area contributed by atoms with Gasteiger partial charge >= 0.3 is 12.2 Å². The summed E-state index contributed by atoms with van der Waals surface area (Å²) in [6.45, 7) is 0. The van der Waals surface area contributed by atoms with E-state index < -0.39 is 23.0 Å². The molecule has 26 heavy (non-hydrogen) atoms. The van der Waals surface area contributed by atoms with E-state index in [0.29, 0.717) is 25.7 Å². The summed E-state index contributed by atoms with van der Waals surface area (Å²) < 4.78 is 50.1. The summed E-state index contributed by atoms with van der Waals surface area (Å²) in [6, 6.07) is 7.61. The van der Waals surface area contributed by atoms with E-state index in [-0.39, 0.29) is 0 Å². The van der Waals surface area contributed by atoms with Crippen molar-refractivity contribution in [1.82, 2.24) is 0 Å². The zero-order valence-electron chi connectivity index (χ0n) is 14.1. The number of rotatable bonds is 4. The molecule has 0 N–H and O–H groups in total. The highest BCUT2D eigenvalue weighted by molar-refractivity contribution is 5.42. The van der Waals surface area contributed by atoms with Crippen LogP contribution in [0.4, 0.5) is 17.6 Å². The first-order chi connectivity index (χ1) is 12.5. The number of allylic oxidation sites excluding steroid dienone is 6. The Morgan fingerprint density at radius 1 is 0.654 bits per heavy atom. The van der Waals surface area contributed by atoms with Crippen molar-refractivity contribution in [3.05, 3.63) is 95.5 Å². The molecule has 0 spiro atoms. The van der Waals surface area contributed by atoms with Crippen molar-refractivity contribution in [3.8, 4) is 0 Å². The van der Waals surface area contributed by atoms with Gasteiger partial charge in [0.25, 0.3) is 0 Å². The van der Waals surface area contributed by atoms with Gasteiger partial charge in [-0.25, -0.2) is 0 Å². The molecule has 0 atom stereocenters. The van der Waals surface area contributed by atoms with Crippen LogP contribution in [0.2, 0.25) is 0 Å². The van der Waals surface area contributed by atoms with Crippen LogP contribution in [0, 0.1) is 0 Å². The molecule has 0 fully saturated rings. The molecule has 3 rings (SSSR count). The van der Waals surface area contributed by atoms with E-state index in [9.17, 15) is 17.6 Å². The molecule has 0 aromatic heterocycles. The van der Waals surface area contributed by atoms with E-state index in [2.05, 4.69) is 0 Å². The van der Waals surface area contributed by atoms with Gasteiger partial charge in [0.05, 0.1) is 0 Å². The molecule has 0 saturated carbocycles. The van der Waals surface area contributed by atoms with Crippen LogP contribution in [-0.4, -0.2) is 0 Å². The van der Waals surface area contributed by atoms with Crippen molar-refractivity contribution in [1.29, 1.82) is 0 Å². The Balaban J connectivity index is 1.97. The Kier molecular flexibility index (Phi) is 5.18. The van der Waals surface area contributed by atoms with Crippen LogP contribution < -0.4 is 0 Å². The maximum atomic E-state index is 12.5. The normalized spacial score (nSPS) is 18.9. The van der Waals surface area contributed by atoms with Crippen LogP contribution in [0.25, 0.3) is 0 Å². The Morgan fingerprint density at radius 2 is 0.962 bits per heavy atom. The molecule has 134 valence electrons. The van der Waals surface area contributed by atoms with Gasteiger partial charge in [0.15, 0.2) is 0 Å². The third-order valence-corrected chi connectivity index (χ3v) is 5.21. The maximum Gasteiger partial charge on any atom is 0.312 e. The van der Waals surface area contributed by atoms with Gasteiger partial charge in [0.1, 0.15) is 0 Å². The Morgan fingerprint density at radius 3 is 1.23 bits per heavy atom.